The van der Waals surface area contributed by atoms with E-state index >= 15 is 4.39 Å². The van der Waals surface area contributed by atoms with Gasteiger partial charge in [0.2, 0.25) is 9.46 Å². The molecule has 5 heteroatoms. The maximum Gasteiger partial charge on any atom is 0.231 e. The van der Waals surface area contributed by atoms with Gasteiger partial charge < -0.3 is 0 Å². The Kier molecular flexibility index (Phi) is 7.73. The summed E-state index contributed by atoms with van der Waals surface area (Å²) >= 11 is 17.2. The van der Waals surface area contributed by atoms with Gasteiger partial charge in [-0.3, -0.25) is 0 Å². The summed E-state index contributed by atoms with van der Waals surface area (Å²) in [7, 11) is 0. The first-order valence-corrected chi connectivity index (χ1v) is 8.42. The molecule has 0 bridgehead atoms. The van der Waals surface area contributed by atoms with Crippen LogP contribution in [0.15, 0.2) is 30.3 Å². The zero-order valence-electron chi connectivity index (χ0n) is 12.1. The summed E-state index contributed by atoms with van der Waals surface area (Å²) in [6.07, 6.45) is 2.85. The molecule has 0 aromatic heterocycles. The van der Waals surface area contributed by atoms with Crippen LogP contribution < -0.4 is 0 Å². The highest BCUT2D eigenvalue weighted by Gasteiger charge is 2.56. The highest BCUT2D eigenvalue weighted by atomic mass is 35.6. The van der Waals surface area contributed by atoms with Crippen LogP contribution in [0.25, 0.3) is 0 Å². The van der Waals surface area contributed by atoms with Crippen molar-refractivity contribution in [2.45, 2.75) is 61.1 Å². The normalized spacial score (nSPS) is 16.5. The molecule has 0 aliphatic rings. The smallest absolute Gasteiger partial charge is 0.231 e. The first-order valence-electron chi connectivity index (χ1n) is 7.29. The van der Waals surface area contributed by atoms with Gasteiger partial charge in [0.05, 0.1) is 0 Å². The summed E-state index contributed by atoms with van der Waals surface area (Å²) in [6.45, 7) is 2.10. The highest BCUT2D eigenvalue weighted by molar-refractivity contribution is 6.68. The van der Waals surface area contributed by atoms with Crippen molar-refractivity contribution in [3.63, 3.8) is 0 Å². The van der Waals surface area contributed by atoms with E-state index < -0.39 is 15.6 Å². The van der Waals surface area contributed by atoms with E-state index in [0.717, 1.165) is 25.7 Å². The number of benzene rings is 1. The molecule has 0 radical (unpaired) electrons. The molecule has 0 N–H and O–H groups in total. The number of unbranched alkanes of at least 4 members (excludes halogenated alkanes) is 4. The largest absolute Gasteiger partial charge is 0.243 e. The second-order valence-electron chi connectivity index (χ2n) is 5.25. The zero-order valence-corrected chi connectivity index (χ0v) is 14.4. The second-order valence-corrected chi connectivity index (χ2v) is 7.53. The molecule has 1 rings (SSSR count). The second kappa shape index (κ2) is 8.55. The summed E-state index contributed by atoms with van der Waals surface area (Å²) in [4.78, 5) is 0. The third kappa shape index (κ3) is 4.97. The van der Waals surface area contributed by atoms with Gasteiger partial charge in [-0.15, -0.1) is 0 Å². The van der Waals surface area contributed by atoms with Crippen LogP contribution in [0, 0.1) is 0 Å². The maximum absolute atomic E-state index is 15.2. The molecule has 0 nitrogen and oxygen atoms in total. The lowest BCUT2D eigenvalue weighted by Crippen LogP contribution is -2.44. The van der Waals surface area contributed by atoms with E-state index in [1.54, 1.807) is 18.2 Å². The van der Waals surface area contributed by atoms with Gasteiger partial charge in [0, 0.05) is 0 Å². The first kappa shape index (κ1) is 19.0. The fourth-order valence-electron chi connectivity index (χ4n) is 2.33. The topological polar surface area (TPSA) is 0 Å². The third-order valence-corrected chi connectivity index (χ3v) is 4.42. The summed E-state index contributed by atoms with van der Waals surface area (Å²) < 4.78 is 27.4. The van der Waals surface area contributed by atoms with Gasteiger partial charge >= 0.3 is 0 Å². The number of hydrogen-bond donors (Lipinski definition) is 0. The molecular formula is C16H21Cl3F2. The van der Waals surface area contributed by atoms with Gasteiger partial charge in [-0.25, -0.2) is 8.78 Å². The average Bonchev–Trinajstić information content (AvgIpc) is 2.45. The first-order chi connectivity index (χ1) is 9.84. The number of rotatable bonds is 8. The monoisotopic (exact) mass is 356 g/mol. The van der Waals surface area contributed by atoms with E-state index in [-0.39, 0.29) is 12.0 Å². The van der Waals surface area contributed by atoms with Crippen LogP contribution in [0.2, 0.25) is 0 Å². The molecule has 1 aromatic rings. The van der Waals surface area contributed by atoms with Crippen molar-refractivity contribution in [1.29, 1.82) is 0 Å². The Hall–Kier alpha value is -0.0500. The minimum Gasteiger partial charge on any atom is -0.243 e. The summed E-state index contributed by atoms with van der Waals surface area (Å²) in [5, 5.41) is 0. The molecular weight excluding hydrogens is 337 g/mol. The minimum absolute atomic E-state index is 0.0447. The van der Waals surface area contributed by atoms with Crippen LogP contribution in [-0.4, -0.2) is 9.96 Å². The number of halogens is 5. The van der Waals surface area contributed by atoms with E-state index in [4.69, 9.17) is 34.8 Å². The summed E-state index contributed by atoms with van der Waals surface area (Å²) in [6, 6.07) is 7.82. The fraction of sp³-hybridized carbons (Fsp3) is 0.625. The highest BCUT2D eigenvalue weighted by Crippen LogP contribution is 2.52. The van der Waals surface area contributed by atoms with E-state index in [1.165, 1.54) is 12.1 Å². The van der Waals surface area contributed by atoms with Crippen molar-refractivity contribution in [3.8, 4) is 0 Å². The van der Waals surface area contributed by atoms with Crippen molar-refractivity contribution >= 4 is 34.8 Å². The lowest BCUT2D eigenvalue weighted by Gasteiger charge is -2.35. The molecule has 0 saturated carbocycles. The average molecular weight is 358 g/mol. The van der Waals surface area contributed by atoms with Crippen molar-refractivity contribution < 1.29 is 8.78 Å². The van der Waals surface area contributed by atoms with Gasteiger partial charge in [0.1, 0.15) is 6.17 Å². The van der Waals surface area contributed by atoms with E-state index in [1.807, 2.05) is 0 Å². The molecule has 0 saturated heterocycles. The van der Waals surface area contributed by atoms with Crippen LogP contribution >= 0.6 is 34.8 Å². The van der Waals surface area contributed by atoms with Crippen LogP contribution in [-0.2, 0) is 5.67 Å². The predicted octanol–water partition coefficient (Wildman–Crippen LogP) is 6.92. The summed E-state index contributed by atoms with van der Waals surface area (Å²) in [5.74, 6) is 0. The third-order valence-electron chi connectivity index (χ3n) is 3.60. The van der Waals surface area contributed by atoms with Gasteiger partial charge in [-0.05, 0) is 12.0 Å². The molecule has 0 aliphatic carbocycles. The van der Waals surface area contributed by atoms with Crippen molar-refractivity contribution in [1.82, 2.24) is 0 Å². The molecule has 2 atom stereocenters. The van der Waals surface area contributed by atoms with Gasteiger partial charge in [-0.2, -0.15) is 0 Å². The molecule has 120 valence electrons. The van der Waals surface area contributed by atoms with Gasteiger partial charge in [0.15, 0.2) is 0 Å². The zero-order chi connectivity index (χ0) is 15.9. The van der Waals surface area contributed by atoms with E-state index in [0.29, 0.717) is 6.42 Å². The Morgan fingerprint density at radius 1 is 1.00 bits per heavy atom. The molecule has 2 unspecified atom stereocenters. The Morgan fingerprint density at radius 2 is 1.57 bits per heavy atom. The Bertz CT molecular complexity index is 406. The lowest BCUT2D eigenvalue weighted by molar-refractivity contribution is 0.0425. The number of alkyl halides is 5. The maximum atomic E-state index is 15.2. The predicted molar refractivity (Wildman–Crippen MR) is 87.8 cm³/mol. The molecule has 1 aromatic carbocycles. The Labute approximate surface area is 140 Å². The summed E-state index contributed by atoms with van der Waals surface area (Å²) in [5.41, 5.74) is -2.57. The number of hydrogen-bond acceptors (Lipinski definition) is 0. The van der Waals surface area contributed by atoms with Crippen molar-refractivity contribution in [3.05, 3.63) is 35.9 Å². The molecule has 0 spiro atoms. The Balaban J connectivity index is 2.79. The standard InChI is InChI=1S/C16H21Cl3F2/c1-2-3-4-5-9-12-14(20)15(21,16(17,18)19)13-10-7-6-8-11-13/h6-8,10-11,14H,2-5,9,12H2,1H3. The van der Waals surface area contributed by atoms with E-state index in [9.17, 15) is 4.39 Å². The van der Waals surface area contributed by atoms with Crippen LogP contribution in [0.5, 0.6) is 0 Å². The van der Waals surface area contributed by atoms with E-state index in [2.05, 4.69) is 6.92 Å². The van der Waals surface area contributed by atoms with Crippen LogP contribution in [0.3, 0.4) is 0 Å². The van der Waals surface area contributed by atoms with Gasteiger partial charge in [-0.1, -0.05) is 104 Å². The molecule has 21 heavy (non-hydrogen) atoms. The molecule has 0 fully saturated rings. The van der Waals surface area contributed by atoms with Crippen LogP contribution in [0.1, 0.15) is 51.0 Å². The molecule has 0 heterocycles. The minimum atomic E-state index is -2.64. The van der Waals surface area contributed by atoms with Crippen molar-refractivity contribution in [2.24, 2.45) is 0 Å². The SMILES string of the molecule is CCCCCCCC(F)C(F)(c1ccccc1)C(Cl)(Cl)Cl. The quantitative estimate of drug-likeness (QED) is 0.350. The fourth-order valence-corrected chi connectivity index (χ4v) is 3.01. The lowest BCUT2D eigenvalue weighted by atomic mass is 9.89. The van der Waals surface area contributed by atoms with Crippen molar-refractivity contribution in [2.75, 3.05) is 0 Å². The Morgan fingerprint density at radius 3 is 2.10 bits per heavy atom. The molecule has 0 aliphatic heterocycles. The molecule has 0 amide bonds. The van der Waals surface area contributed by atoms with Crippen LogP contribution in [0.4, 0.5) is 8.78 Å². The van der Waals surface area contributed by atoms with Gasteiger partial charge in [0.25, 0.3) is 0 Å².